The molecule has 0 aromatic carbocycles. The summed E-state index contributed by atoms with van der Waals surface area (Å²) >= 11 is 0. The molecule has 0 atom stereocenters. The third-order valence-electron chi connectivity index (χ3n) is 1.33. The van der Waals surface area contributed by atoms with Crippen molar-refractivity contribution in [1.29, 1.82) is 0 Å². The van der Waals surface area contributed by atoms with Crippen molar-refractivity contribution in [3.63, 3.8) is 0 Å². The van der Waals surface area contributed by atoms with Crippen molar-refractivity contribution in [3.8, 4) is 0 Å². The van der Waals surface area contributed by atoms with E-state index in [0.29, 0.717) is 5.41 Å². The van der Waals surface area contributed by atoms with Gasteiger partial charge in [-0.1, -0.05) is 97.7 Å². The van der Waals surface area contributed by atoms with E-state index in [4.69, 9.17) is 0 Å². The molecule has 0 spiro atoms. The number of nitrogens with zero attached hydrogens (tertiary/aromatic N) is 3. The number of aromatic nitrogens is 4. The molecule has 0 aliphatic carbocycles. The minimum Gasteiger partial charge on any atom is -0.177 e. The maximum absolute atomic E-state index is 3.38. The second-order valence-electron chi connectivity index (χ2n) is 3.47. The van der Waals surface area contributed by atoms with Gasteiger partial charge in [-0.3, -0.25) is 0 Å². The smallest absolute Gasteiger partial charge is 0.161 e. The number of rotatable bonds is 0. The fraction of sp³-hybridized carbons (Fsp3) is 0.933. The topological polar surface area (TPSA) is 54.5 Å². The Morgan fingerprint density at radius 2 is 1.21 bits per heavy atom. The fourth-order valence-electron chi connectivity index (χ4n) is 0.129. The van der Waals surface area contributed by atoms with E-state index < -0.39 is 0 Å². The highest BCUT2D eigenvalue weighted by atomic mass is 15.5. The van der Waals surface area contributed by atoms with Crippen molar-refractivity contribution in [3.05, 3.63) is 6.33 Å². The molecule has 0 fully saturated rings. The maximum atomic E-state index is 3.38. The number of H-pyrrole nitrogens is 1. The third-order valence-corrected chi connectivity index (χ3v) is 1.33. The minimum absolute atomic E-state index is 0. The highest BCUT2D eigenvalue weighted by molar-refractivity contribution is 4.55. The van der Waals surface area contributed by atoms with Crippen LogP contribution in [0.4, 0.5) is 0 Å². The van der Waals surface area contributed by atoms with Crippen LogP contribution in [0.3, 0.4) is 0 Å². The standard InChI is InChI=1S/C6H14.C2H6.CH2N4.6CH4/c1-5-6(2,3)4;1-2;1-2-4-5-3-1;;;;;;/h5H2,1-4H3;1-2H3;1H,(H,2,3,4,5);6*1H4. The van der Waals surface area contributed by atoms with E-state index in [-0.39, 0.29) is 44.6 Å². The highest BCUT2D eigenvalue weighted by Gasteiger charge is 2.03. The molecule has 0 radical (unpaired) electrons. The van der Waals surface area contributed by atoms with Crippen LogP contribution in [0.1, 0.15) is 92.5 Å². The summed E-state index contributed by atoms with van der Waals surface area (Å²) in [4.78, 5) is 0. The predicted octanol–water partition coefficient (Wildman–Crippen LogP) is 6.49. The predicted molar refractivity (Wildman–Crippen MR) is 95.7 cm³/mol. The van der Waals surface area contributed by atoms with Crippen molar-refractivity contribution < 1.29 is 0 Å². The molecule has 0 bridgehead atoms. The molecule has 0 amide bonds. The van der Waals surface area contributed by atoms with Gasteiger partial charge in [0.25, 0.3) is 0 Å². The Balaban J connectivity index is -0.0000000147. The summed E-state index contributed by atoms with van der Waals surface area (Å²) in [5.74, 6) is 0. The fourth-order valence-corrected chi connectivity index (χ4v) is 0.129. The second kappa shape index (κ2) is 36.0. The summed E-state index contributed by atoms with van der Waals surface area (Å²) in [7, 11) is 0. The summed E-state index contributed by atoms with van der Waals surface area (Å²) in [5.41, 5.74) is 0.542. The van der Waals surface area contributed by atoms with Gasteiger partial charge >= 0.3 is 0 Å². The first kappa shape index (κ1) is 51.9. The average Bonchev–Trinajstić information content (AvgIpc) is 2.64. The van der Waals surface area contributed by atoms with Crippen molar-refractivity contribution in [1.82, 2.24) is 20.6 Å². The van der Waals surface area contributed by atoms with Gasteiger partial charge in [0.2, 0.25) is 0 Å². The van der Waals surface area contributed by atoms with E-state index in [0.717, 1.165) is 0 Å². The summed E-state index contributed by atoms with van der Waals surface area (Å²) in [6.45, 7) is 12.9. The molecular weight excluding hydrogens is 236 g/mol. The van der Waals surface area contributed by atoms with Crippen molar-refractivity contribution >= 4 is 0 Å². The summed E-state index contributed by atoms with van der Waals surface area (Å²) in [6, 6.07) is 0. The number of hydrogen-bond acceptors (Lipinski definition) is 3. The molecule has 1 aromatic heterocycles. The van der Waals surface area contributed by atoms with Crippen LogP contribution in [-0.2, 0) is 0 Å². The van der Waals surface area contributed by atoms with Gasteiger partial charge < -0.3 is 0 Å². The van der Waals surface area contributed by atoms with Crippen LogP contribution < -0.4 is 0 Å². The first-order chi connectivity index (χ1) is 6.06. The van der Waals surface area contributed by atoms with Crippen LogP contribution in [0.5, 0.6) is 0 Å². The van der Waals surface area contributed by atoms with Crippen LogP contribution >= 0.6 is 0 Å². The monoisotopic (exact) mass is 282 g/mol. The lowest BCUT2D eigenvalue weighted by atomic mass is 9.94. The minimum atomic E-state index is 0. The van der Waals surface area contributed by atoms with E-state index in [9.17, 15) is 0 Å². The third kappa shape index (κ3) is 77.6. The Labute approximate surface area is 125 Å². The number of nitrogens with one attached hydrogen (secondary N) is 1. The molecule has 0 saturated heterocycles. The van der Waals surface area contributed by atoms with Gasteiger partial charge in [0.1, 0.15) is 0 Å². The Morgan fingerprint density at radius 3 is 1.26 bits per heavy atom. The molecule has 4 heteroatoms. The van der Waals surface area contributed by atoms with E-state index in [1.165, 1.54) is 12.7 Å². The van der Waals surface area contributed by atoms with Crippen LogP contribution in [0.15, 0.2) is 6.33 Å². The molecule has 0 aliphatic rings. The zero-order valence-electron chi connectivity index (χ0n) is 9.63. The Hall–Kier alpha value is -0.930. The lowest BCUT2D eigenvalue weighted by Gasteiger charge is -2.12. The molecule has 0 saturated carbocycles. The van der Waals surface area contributed by atoms with Gasteiger partial charge in [0.15, 0.2) is 6.33 Å². The van der Waals surface area contributed by atoms with E-state index >= 15 is 0 Å². The van der Waals surface area contributed by atoms with E-state index in [1.54, 1.807) is 0 Å². The molecule has 19 heavy (non-hydrogen) atoms. The quantitative estimate of drug-likeness (QED) is 0.592. The molecule has 1 heterocycles. The lowest BCUT2D eigenvalue weighted by Crippen LogP contribution is -2.00. The number of hydrogen-bond donors (Lipinski definition) is 1. The average molecular weight is 283 g/mol. The summed E-state index contributed by atoms with van der Waals surface area (Å²) < 4.78 is 0. The molecule has 0 aliphatic heterocycles. The van der Waals surface area contributed by atoms with Gasteiger partial charge in [0.05, 0.1) is 0 Å². The highest BCUT2D eigenvalue weighted by Crippen LogP contribution is 2.16. The molecule has 1 rings (SSSR count). The van der Waals surface area contributed by atoms with Crippen LogP contribution in [0.25, 0.3) is 0 Å². The largest absolute Gasteiger partial charge is 0.177 e. The molecule has 1 aromatic rings. The maximum Gasteiger partial charge on any atom is 0.161 e. The number of tetrazole rings is 1. The van der Waals surface area contributed by atoms with Gasteiger partial charge in [-0.2, -0.15) is 5.21 Å². The zero-order valence-corrected chi connectivity index (χ0v) is 9.63. The van der Waals surface area contributed by atoms with E-state index in [2.05, 4.69) is 48.3 Å². The first-order valence-electron chi connectivity index (χ1n) is 4.72. The molecule has 0 unspecified atom stereocenters. The van der Waals surface area contributed by atoms with Gasteiger partial charge in [-0.05, 0) is 5.41 Å². The van der Waals surface area contributed by atoms with Crippen LogP contribution in [0, 0.1) is 5.41 Å². The molecular formula is C15H46N4. The van der Waals surface area contributed by atoms with Gasteiger partial charge in [-0.15, -0.1) is 10.2 Å². The van der Waals surface area contributed by atoms with E-state index in [1.807, 2.05) is 13.8 Å². The first-order valence-corrected chi connectivity index (χ1v) is 4.72. The van der Waals surface area contributed by atoms with Crippen LogP contribution in [0.2, 0.25) is 0 Å². The lowest BCUT2D eigenvalue weighted by molar-refractivity contribution is 0.398. The Bertz CT molecular complexity index is 138. The molecule has 4 nitrogen and oxygen atoms in total. The normalized spacial score (nSPS) is 6.21. The molecule has 126 valence electrons. The SMILES string of the molecule is C.C.C.C.C.C.CC.CCC(C)(C)C.c1nn[nH]n1. The molecule has 1 N–H and O–H groups in total. The van der Waals surface area contributed by atoms with Crippen molar-refractivity contribution in [2.45, 2.75) is 92.5 Å². The van der Waals surface area contributed by atoms with Crippen molar-refractivity contribution in [2.75, 3.05) is 0 Å². The van der Waals surface area contributed by atoms with Crippen molar-refractivity contribution in [2.24, 2.45) is 5.41 Å². The second-order valence-corrected chi connectivity index (χ2v) is 3.47. The van der Waals surface area contributed by atoms with Gasteiger partial charge in [-0.25, -0.2) is 0 Å². The Morgan fingerprint density at radius 1 is 0.895 bits per heavy atom. The zero-order chi connectivity index (χ0) is 10.7. The summed E-state index contributed by atoms with van der Waals surface area (Å²) in [5, 5.41) is 12.2. The Kier molecular flexibility index (Phi) is 98.3. The van der Waals surface area contributed by atoms with Gasteiger partial charge in [0, 0.05) is 0 Å². The summed E-state index contributed by atoms with van der Waals surface area (Å²) in [6.07, 6.45) is 2.60. The number of aromatic amines is 1. The van der Waals surface area contributed by atoms with Crippen LogP contribution in [-0.4, -0.2) is 20.6 Å².